The van der Waals surface area contributed by atoms with Gasteiger partial charge in [0.25, 0.3) is 41.9 Å². The number of nitrogens with zero attached hydrogens (tertiary/aromatic N) is 3. The third-order valence-electron chi connectivity index (χ3n) is 17.2. The molecule has 0 bridgehead atoms. The van der Waals surface area contributed by atoms with Gasteiger partial charge in [0.2, 0.25) is 11.8 Å². The lowest BCUT2D eigenvalue weighted by molar-refractivity contribution is -0.156. The molecule has 0 saturated carbocycles. The molecule has 0 aliphatic carbocycles. The highest BCUT2D eigenvalue weighted by Gasteiger charge is 2.25. The van der Waals surface area contributed by atoms with E-state index in [-0.39, 0.29) is 98.3 Å². The van der Waals surface area contributed by atoms with Crippen molar-refractivity contribution in [3.63, 3.8) is 0 Å². The van der Waals surface area contributed by atoms with Crippen LogP contribution in [0.4, 0.5) is 4.39 Å². The zero-order valence-corrected chi connectivity index (χ0v) is 65.3. The van der Waals surface area contributed by atoms with Crippen molar-refractivity contribution in [2.24, 2.45) is 5.73 Å². The molecule has 5 N–H and O–H groups in total. The molecule has 0 spiro atoms. The van der Waals surface area contributed by atoms with E-state index >= 15 is 0 Å². The first-order valence-electron chi connectivity index (χ1n) is 40.4. The topological polar surface area (TPSA) is 313 Å². The number of carboxylic acids is 1. The molecule has 3 aliphatic rings. The van der Waals surface area contributed by atoms with Crippen LogP contribution in [0.2, 0.25) is 0 Å². The van der Waals surface area contributed by atoms with Crippen LogP contribution >= 0.6 is 0 Å². The molecular weight excluding hydrogens is 1360 g/mol. The highest BCUT2D eigenvalue weighted by atomic mass is 19.1. The molecule has 0 aromatic heterocycles. The summed E-state index contributed by atoms with van der Waals surface area (Å²) >= 11 is 0. The van der Waals surface area contributed by atoms with Crippen molar-refractivity contribution in [3.05, 3.63) is 36.5 Å². The van der Waals surface area contributed by atoms with Gasteiger partial charge in [-0.1, -0.05) is 246 Å². The van der Waals surface area contributed by atoms with E-state index in [1.165, 1.54) is 223 Å². The van der Waals surface area contributed by atoms with Gasteiger partial charge in [0.05, 0.1) is 15.1 Å². The average molecular weight is 1510 g/mol. The van der Waals surface area contributed by atoms with Crippen molar-refractivity contribution in [3.8, 4) is 0 Å². The van der Waals surface area contributed by atoms with E-state index in [4.69, 9.17) is 21.7 Å². The minimum atomic E-state index is -1.00. The maximum absolute atomic E-state index is 11.9. The monoisotopic (exact) mass is 1510 g/mol. The van der Waals surface area contributed by atoms with Crippen LogP contribution in [0.15, 0.2) is 36.5 Å². The normalized spacial score (nSPS) is 12.9. The molecule has 0 radical (unpaired) electrons. The van der Waals surface area contributed by atoms with Gasteiger partial charge in [-0.3, -0.25) is 76.6 Å². The van der Waals surface area contributed by atoms with E-state index in [1.807, 2.05) is 41.5 Å². The Kier molecular flexibility index (Phi) is 70.8. The third kappa shape index (κ3) is 69.1. The number of rotatable bonds is 60. The van der Waals surface area contributed by atoms with Gasteiger partial charge >= 0.3 is 17.9 Å². The fourth-order valence-electron chi connectivity index (χ4n) is 11.6. The van der Waals surface area contributed by atoms with Crippen LogP contribution in [-0.2, 0) is 71.7 Å². The van der Waals surface area contributed by atoms with Crippen LogP contribution < -0.4 is 16.4 Å². The highest BCUT2D eigenvalue weighted by Crippen LogP contribution is 2.19. The SMILES string of the molecule is C.C.CC(C)(C)OC(=O)CCCCCCCCCCCCCCCCC(=O)NCCN1C(=O)C=CC1=O.CC(C)(C)OC(=O)CCCCCCCCCCCCCCCCOC=O.NCCN1C(=O)C=CC1=O.O=C(O)CCCCCCCCCCCCCCCCC(=O)NCCN1C(=O)C=CC1=O.[2H]CF. The molecule has 3 rings (SSSR count). The molecule has 614 valence electrons. The number of carbonyl (C=O) groups is 12. The Morgan fingerprint density at radius 1 is 0.396 bits per heavy atom. The lowest BCUT2D eigenvalue weighted by Crippen LogP contribution is -2.38. The van der Waals surface area contributed by atoms with E-state index in [9.17, 15) is 61.9 Å². The van der Waals surface area contributed by atoms with Gasteiger partial charge in [0.15, 0.2) is 0 Å². The summed E-state index contributed by atoms with van der Waals surface area (Å²) in [5.41, 5.74) is 4.42. The van der Waals surface area contributed by atoms with E-state index < -0.39 is 13.1 Å². The Morgan fingerprint density at radius 2 is 0.604 bits per heavy atom. The van der Waals surface area contributed by atoms with Gasteiger partial charge in [0.1, 0.15) is 11.2 Å². The second kappa shape index (κ2) is 72.5. The minimum Gasteiger partial charge on any atom is -0.481 e. The Bertz CT molecular complexity index is 2410. The number of aliphatic carboxylic acids is 1. The fraction of sp³-hybridized carbons (Fsp3) is 0.783. The second-order valence-electron chi connectivity index (χ2n) is 29.1. The molecule has 0 aromatic carbocycles. The van der Waals surface area contributed by atoms with Crippen molar-refractivity contribution in [2.45, 2.75) is 369 Å². The van der Waals surface area contributed by atoms with Crippen molar-refractivity contribution < 1.29 is 82.6 Å². The van der Waals surface area contributed by atoms with Crippen molar-refractivity contribution in [1.82, 2.24) is 25.3 Å². The zero-order chi connectivity index (χ0) is 78.5. The predicted octanol–water partition coefficient (Wildman–Crippen LogP) is 17.0. The standard InChI is InChI=1S/C28H48N2O5.C24H40N2O5.C22H42O4.C6H8N2O2.CH3F.2CH4/c1-28(2,3)35-27(34)19-17-15-13-11-9-7-5-4-6-8-10-12-14-16-18-24(31)29-22-23-30-25(32)20-21-26(30)33;27-21(25-19-20-26-22(28)17-18-23(26)29)15-13-11-9-7-5-3-1-2-4-6-8-10-12-14-16-24(30)31;1-22(2,3)26-21(24)18-16-14-12-10-8-6-4-5-7-9-11-13-15-17-19-25-20-23;7-3-4-8-5(9)1-2-6(8)10;1-2;;/h20-21H,4-19,22-23H2,1-3H3,(H,29,31);17-18H,1-16,19-20H2,(H,25,27)(H,30,31);20H,4-19H2,1-3H3;1-2H,3-4,7H2;1H3;2*1H4/i;;;;1D;;. The lowest BCUT2D eigenvalue weighted by Gasteiger charge is -2.19. The average Bonchev–Trinajstić information content (AvgIpc) is 1.76. The van der Waals surface area contributed by atoms with Gasteiger partial charge in [-0.2, -0.15) is 0 Å². The lowest BCUT2D eigenvalue weighted by atomic mass is 10.0. The number of ether oxygens (including phenoxy) is 3. The first-order valence-corrected chi connectivity index (χ1v) is 39.7. The quantitative estimate of drug-likeness (QED) is 0.0145. The van der Waals surface area contributed by atoms with E-state index in [1.54, 1.807) is 0 Å². The molecule has 0 aromatic rings. The van der Waals surface area contributed by atoms with Gasteiger partial charge in [-0.05, 0) is 80.1 Å². The maximum atomic E-state index is 11.9. The third-order valence-corrected chi connectivity index (χ3v) is 17.2. The van der Waals surface area contributed by atoms with Crippen LogP contribution in [0.5, 0.6) is 0 Å². The number of unbranched alkanes of at least 4 members (excludes halogenated alkanes) is 39. The number of hydrogen-bond acceptors (Lipinski definition) is 16. The molecule has 106 heavy (non-hydrogen) atoms. The Labute approximate surface area is 641 Å². The summed E-state index contributed by atoms with van der Waals surface area (Å²) in [6.07, 6.45) is 60.1. The molecule has 0 atom stereocenters. The van der Waals surface area contributed by atoms with Gasteiger partial charge in [0, 0.05) is 108 Å². The number of nitrogens with two attached hydrogens (primary N) is 1. The highest BCUT2D eigenvalue weighted by molar-refractivity contribution is 6.14. The van der Waals surface area contributed by atoms with E-state index in [0.29, 0.717) is 71.4 Å². The molecule has 3 heterocycles. The number of imide groups is 3. The maximum Gasteiger partial charge on any atom is 0.306 e. The number of amides is 8. The van der Waals surface area contributed by atoms with Crippen LogP contribution in [0, 0.1) is 0 Å². The van der Waals surface area contributed by atoms with Crippen molar-refractivity contribution >= 4 is 71.6 Å². The molecule has 8 amide bonds. The largest absolute Gasteiger partial charge is 0.481 e. The zero-order valence-electron chi connectivity index (χ0n) is 66.3. The summed E-state index contributed by atoms with van der Waals surface area (Å²) in [4.78, 5) is 138. The Hall–Kier alpha value is -6.65. The summed E-state index contributed by atoms with van der Waals surface area (Å²) in [5.74, 6) is -2.66. The Balaban J connectivity index is -0.000000682. The van der Waals surface area contributed by atoms with Crippen LogP contribution in [0.3, 0.4) is 0 Å². The summed E-state index contributed by atoms with van der Waals surface area (Å²) in [5, 5.41) is 14.1. The van der Waals surface area contributed by atoms with Crippen LogP contribution in [0.25, 0.3) is 0 Å². The number of nitrogens with one attached hydrogen (secondary N) is 2. The summed E-state index contributed by atoms with van der Waals surface area (Å²) < 4.78 is 30.8. The number of halogens is 1. The van der Waals surface area contributed by atoms with Crippen LogP contribution in [0.1, 0.15) is 360 Å². The molecular formula is C83H149FN6O16. The van der Waals surface area contributed by atoms with Gasteiger partial charge < -0.3 is 35.7 Å². The van der Waals surface area contributed by atoms with Crippen LogP contribution in [-0.4, -0.2) is 156 Å². The summed E-state index contributed by atoms with van der Waals surface area (Å²) in [7, 11) is -1.00. The smallest absolute Gasteiger partial charge is 0.306 e. The summed E-state index contributed by atoms with van der Waals surface area (Å²) in [6.45, 7) is 14.3. The number of carboxylic acid groups (broad SMARTS) is 1. The number of alkyl halides is 1. The van der Waals surface area contributed by atoms with Crippen molar-refractivity contribution in [1.29, 1.82) is 0 Å². The summed E-state index contributed by atoms with van der Waals surface area (Å²) in [6, 6.07) is 0. The van der Waals surface area contributed by atoms with Gasteiger partial charge in [-0.25, -0.2) is 0 Å². The second-order valence-corrected chi connectivity index (χ2v) is 29.1. The Morgan fingerprint density at radius 3 is 0.821 bits per heavy atom. The molecule has 3 aliphatic heterocycles. The molecule has 0 saturated heterocycles. The number of hydrogen-bond donors (Lipinski definition) is 4. The molecule has 0 fully saturated rings. The first-order chi connectivity index (χ1) is 50.3. The first kappa shape index (κ1) is 104. The number of carbonyl (C=O) groups excluding carboxylic acids is 11. The molecule has 22 nitrogen and oxygen atoms in total. The minimum absolute atomic E-state index is 0. The predicted molar refractivity (Wildman–Crippen MR) is 421 cm³/mol. The van der Waals surface area contributed by atoms with Crippen molar-refractivity contribution in [2.75, 3.05) is 53.0 Å². The molecule has 23 heteroatoms. The molecule has 0 unspecified atom stereocenters. The fourth-order valence-corrected chi connectivity index (χ4v) is 11.6. The van der Waals surface area contributed by atoms with Gasteiger partial charge in [-0.15, -0.1) is 0 Å². The van der Waals surface area contributed by atoms with E-state index in [0.717, 1.165) is 98.2 Å². The number of esters is 2. The van der Waals surface area contributed by atoms with E-state index in [2.05, 4.69) is 15.4 Å².